The smallest absolute Gasteiger partial charge is 0.244 e. The van der Waals surface area contributed by atoms with Crippen molar-refractivity contribution in [3.8, 4) is 28.7 Å². The van der Waals surface area contributed by atoms with Crippen LogP contribution in [-0.4, -0.2) is 46.5 Å². The first-order chi connectivity index (χ1) is 13.6. The number of para-hydroxylation sites is 2. The minimum absolute atomic E-state index is 0.240. The summed E-state index contributed by atoms with van der Waals surface area (Å²) in [6.45, 7) is 0.723. The van der Waals surface area contributed by atoms with Crippen molar-refractivity contribution in [2.45, 2.75) is 6.10 Å². The van der Waals surface area contributed by atoms with Gasteiger partial charge in [-0.3, -0.25) is 4.79 Å². The number of amides is 1. The summed E-state index contributed by atoms with van der Waals surface area (Å²) < 4.78 is 27.4. The lowest BCUT2D eigenvalue weighted by atomic mass is 10.1. The van der Waals surface area contributed by atoms with Gasteiger partial charge in [0.2, 0.25) is 11.7 Å². The van der Waals surface area contributed by atoms with E-state index in [0.29, 0.717) is 41.9 Å². The van der Waals surface area contributed by atoms with Gasteiger partial charge in [-0.2, -0.15) is 0 Å². The molecule has 1 aliphatic rings. The zero-order valence-electron chi connectivity index (χ0n) is 16.1. The standard InChI is InChI=1S/C21H23NO6/c1-24-18-10-14(11-19(25-2)21(18)26-3)8-9-20(23)22-12-15-13-27-16-6-4-5-7-17(16)28-15/h4-11,15H,12-13H2,1-3H3,(H,22,23)/b9-8+/t15-/m0/s1. The van der Waals surface area contributed by atoms with Crippen LogP contribution in [0, 0.1) is 0 Å². The van der Waals surface area contributed by atoms with E-state index >= 15 is 0 Å². The van der Waals surface area contributed by atoms with Gasteiger partial charge >= 0.3 is 0 Å². The summed E-state index contributed by atoms with van der Waals surface area (Å²) >= 11 is 0. The molecule has 1 amide bonds. The lowest BCUT2D eigenvalue weighted by Gasteiger charge is -2.26. The molecule has 0 bridgehead atoms. The highest BCUT2D eigenvalue weighted by Crippen LogP contribution is 2.38. The molecule has 0 radical (unpaired) electrons. The Morgan fingerprint density at radius 1 is 1.11 bits per heavy atom. The third-order valence-corrected chi connectivity index (χ3v) is 4.19. The molecule has 2 aromatic carbocycles. The first kappa shape index (κ1) is 19.4. The topological polar surface area (TPSA) is 75.3 Å². The number of nitrogens with one attached hydrogen (secondary N) is 1. The molecule has 148 valence electrons. The van der Waals surface area contributed by atoms with E-state index in [2.05, 4.69) is 5.32 Å². The van der Waals surface area contributed by atoms with E-state index in [4.69, 9.17) is 23.7 Å². The molecule has 0 saturated carbocycles. The van der Waals surface area contributed by atoms with Crippen LogP contribution in [0.3, 0.4) is 0 Å². The third-order valence-electron chi connectivity index (χ3n) is 4.19. The molecule has 0 unspecified atom stereocenters. The minimum atomic E-state index is -0.242. The molecular formula is C21H23NO6. The fraction of sp³-hybridized carbons (Fsp3) is 0.286. The van der Waals surface area contributed by atoms with E-state index in [1.54, 1.807) is 39.5 Å². The number of ether oxygens (including phenoxy) is 5. The van der Waals surface area contributed by atoms with Crippen molar-refractivity contribution in [2.75, 3.05) is 34.5 Å². The van der Waals surface area contributed by atoms with Crippen molar-refractivity contribution in [2.24, 2.45) is 0 Å². The number of hydrogen-bond donors (Lipinski definition) is 1. The largest absolute Gasteiger partial charge is 0.493 e. The van der Waals surface area contributed by atoms with Gasteiger partial charge in [-0.1, -0.05) is 12.1 Å². The van der Waals surface area contributed by atoms with Gasteiger partial charge in [-0.15, -0.1) is 0 Å². The number of methoxy groups -OCH3 is 3. The van der Waals surface area contributed by atoms with Gasteiger partial charge in [0, 0.05) is 6.08 Å². The highest BCUT2D eigenvalue weighted by Gasteiger charge is 2.20. The summed E-state index contributed by atoms with van der Waals surface area (Å²) in [6, 6.07) is 11.0. The van der Waals surface area contributed by atoms with Gasteiger partial charge in [0.25, 0.3) is 0 Å². The van der Waals surface area contributed by atoms with Gasteiger partial charge < -0.3 is 29.0 Å². The summed E-state index contributed by atoms with van der Waals surface area (Å²) in [5.41, 5.74) is 0.746. The fourth-order valence-electron chi connectivity index (χ4n) is 2.81. The number of rotatable bonds is 7. The molecule has 2 aromatic rings. The second-order valence-corrected chi connectivity index (χ2v) is 6.03. The maximum absolute atomic E-state index is 12.2. The number of carbonyl (C=O) groups is 1. The van der Waals surface area contributed by atoms with Crippen molar-refractivity contribution < 1.29 is 28.5 Å². The van der Waals surface area contributed by atoms with Crippen molar-refractivity contribution in [1.29, 1.82) is 0 Å². The summed E-state index contributed by atoms with van der Waals surface area (Å²) in [4.78, 5) is 12.2. The van der Waals surface area contributed by atoms with Gasteiger partial charge in [0.1, 0.15) is 12.7 Å². The van der Waals surface area contributed by atoms with Gasteiger partial charge in [0.15, 0.2) is 23.0 Å². The molecule has 1 aliphatic heterocycles. The highest BCUT2D eigenvalue weighted by molar-refractivity contribution is 5.91. The normalized spacial score (nSPS) is 15.2. The molecule has 0 aromatic heterocycles. The predicted molar refractivity (Wildman–Crippen MR) is 104 cm³/mol. The second kappa shape index (κ2) is 9.03. The van der Waals surface area contributed by atoms with Gasteiger partial charge in [-0.05, 0) is 35.9 Å². The van der Waals surface area contributed by atoms with Gasteiger partial charge in [0.05, 0.1) is 27.9 Å². The van der Waals surface area contributed by atoms with Crippen LogP contribution in [0.1, 0.15) is 5.56 Å². The fourth-order valence-corrected chi connectivity index (χ4v) is 2.81. The van der Waals surface area contributed by atoms with Gasteiger partial charge in [-0.25, -0.2) is 0 Å². The molecule has 1 heterocycles. The van der Waals surface area contributed by atoms with Crippen molar-refractivity contribution in [1.82, 2.24) is 5.32 Å². The molecule has 0 spiro atoms. The maximum atomic E-state index is 12.2. The summed E-state index contributed by atoms with van der Waals surface area (Å²) in [6.07, 6.45) is 2.87. The van der Waals surface area contributed by atoms with E-state index < -0.39 is 0 Å². The molecule has 1 N–H and O–H groups in total. The number of fused-ring (bicyclic) bond motifs is 1. The predicted octanol–water partition coefficient (Wildman–Crippen LogP) is 2.68. The molecule has 1 atom stereocenters. The van der Waals surface area contributed by atoms with Crippen LogP contribution < -0.4 is 29.0 Å². The van der Waals surface area contributed by atoms with Crippen LogP contribution in [0.25, 0.3) is 6.08 Å². The van der Waals surface area contributed by atoms with E-state index in [1.165, 1.54) is 6.08 Å². The molecule has 0 aliphatic carbocycles. The second-order valence-electron chi connectivity index (χ2n) is 6.03. The molecule has 7 nitrogen and oxygen atoms in total. The van der Waals surface area contributed by atoms with E-state index in [9.17, 15) is 4.79 Å². The monoisotopic (exact) mass is 385 g/mol. The first-order valence-corrected chi connectivity index (χ1v) is 8.79. The summed E-state index contributed by atoms with van der Waals surface area (Å²) in [7, 11) is 4.63. The van der Waals surface area contributed by atoms with Crippen LogP contribution in [-0.2, 0) is 4.79 Å². The van der Waals surface area contributed by atoms with Crippen LogP contribution in [0.15, 0.2) is 42.5 Å². The number of carbonyl (C=O) groups excluding carboxylic acids is 1. The Morgan fingerprint density at radius 2 is 1.79 bits per heavy atom. The summed E-state index contributed by atoms with van der Waals surface area (Å²) in [5, 5.41) is 2.82. The van der Waals surface area contributed by atoms with Crippen LogP contribution in [0.5, 0.6) is 28.7 Å². The maximum Gasteiger partial charge on any atom is 0.244 e. The lowest BCUT2D eigenvalue weighted by molar-refractivity contribution is -0.116. The molecule has 28 heavy (non-hydrogen) atoms. The molecule has 0 saturated heterocycles. The van der Waals surface area contributed by atoms with Crippen molar-refractivity contribution in [3.05, 3.63) is 48.0 Å². The van der Waals surface area contributed by atoms with E-state index in [1.807, 2.05) is 24.3 Å². The van der Waals surface area contributed by atoms with E-state index in [0.717, 1.165) is 5.56 Å². The Morgan fingerprint density at radius 3 is 2.43 bits per heavy atom. The zero-order chi connectivity index (χ0) is 19.9. The number of hydrogen-bond acceptors (Lipinski definition) is 6. The average molecular weight is 385 g/mol. The third kappa shape index (κ3) is 4.49. The van der Waals surface area contributed by atoms with Crippen molar-refractivity contribution >= 4 is 12.0 Å². The van der Waals surface area contributed by atoms with E-state index in [-0.39, 0.29) is 12.0 Å². The number of benzene rings is 2. The van der Waals surface area contributed by atoms with Crippen molar-refractivity contribution in [3.63, 3.8) is 0 Å². The Balaban J connectivity index is 1.58. The lowest BCUT2D eigenvalue weighted by Crippen LogP contribution is -2.40. The Kier molecular flexibility index (Phi) is 6.26. The molecule has 3 rings (SSSR count). The first-order valence-electron chi connectivity index (χ1n) is 8.79. The highest BCUT2D eigenvalue weighted by atomic mass is 16.6. The Labute approximate surface area is 163 Å². The minimum Gasteiger partial charge on any atom is -0.493 e. The average Bonchev–Trinajstić information content (AvgIpc) is 2.75. The van der Waals surface area contributed by atoms with Crippen LogP contribution >= 0.6 is 0 Å². The summed E-state index contributed by atoms with van der Waals surface area (Å²) in [5.74, 6) is 2.70. The molecule has 7 heteroatoms. The zero-order valence-corrected chi connectivity index (χ0v) is 16.1. The van der Waals surface area contributed by atoms with Crippen LogP contribution in [0.4, 0.5) is 0 Å². The SMILES string of the molecule is COc1cc(/C=C/C(=O)NC[C@H]2COc3ccccc3O2)cc(OC)c1OC. The quantitative estimate of drug-likeness (QED) is 0.739. The molecular weight excluding hydrogens is 362 g/mol. The Hall–Kier alpha value is -3.35. The Bertz CT molecular complexity index is 839. The van der Waals surface area contributed by atoms with Crippen LogP contribution in [0.2, 0.25) is 0 Å². The molecule has 0 fully saturated rings.